The van der Waals surface area contributed by atoms with Crippen molar-refractivity contribution in [3.63, 3.8) is 0 Å². The molecule has 0 spiro atoms. The molecule has 1 unspecified atom stereocenters. The minimum absolute atomic E-state index is 0.162. The molecule has 0 saturated carbocycles. The Morgan fingerprint density at radius 2 is 1.91 bits per heavy atom. The first-order valence-corrected chi connectivity index (χ1v) is 14.5. The average Bonchev–Trinajstić information content (AvgIpc) is 2.80. The Bertz CT molecular complexity index is 1070. The SMILES string of the molecule is COCOSPSCc1cc(OC)nc(NC(=O)NS(=O)(=O)c2ccccc2C(=O)OC)n1. The summed E-state index contributed by atoms with van der Waals surface area (Å²) in [6, 6.07) is 5.79. The molecule has 2 amide bonds. The van der Waals surface area contributed by atoms with Gasteiger partial charge in [-0.15, -0.1) is 11.4 Å². The Hall–Kier alpha value is -2.16. The molecule has 0 bridgehead atoms. The molecule has 180 valence electrons. The van der Waals surface area contributed by atoms with Crippen LogP contribution >= 0.6 is 30.0 Å². The molecule has 33 heavy (non-hydrogen) atoms. The number of urea groups is 1. The molecule has 0 radical (unpaired) electrons. The van der Waals surface area contributed by atoms with Gasteiger partial charge in [0.2, 0.25) is 11.8 Å². The van der Waals surface area contributed by atoms with Crippen molar-refractivity contribution in [1.29, 1.82) is 0 Å². The van der Waals surface area contributed by atoms with Crippen molar-refractivity contribution < 1.29 is 36.4 Å². The van der Waals surface area contributed by atoms with Crippen LogP contribution < -0.4 is 14.8 Å². The number of sulfonamides is 1. The number of nitrogens with one attached hydrogen (secondary N) is 2. The maximum atomic E-state index is 12.6. The van der Waals surface area contributed by atoms with Gasteiger partial charge in [0.1, 0.15) is 4.90 Å². The molecule has 0 fully saturated rings. The number of amides is 2. The van der Waals surface area contributed by atoms with E-state index < -0.39 is 26.9 Å². The van der Waals surface area contributed by atoms with Gasteiger partial charge in [-0.3, -0.25) is 9.50 Å². The quantitative estimate of drug-likeness (QED) is 0.135. The minimum atomic E-state index is -4.40. The fourth-order valence-electron chi connectivity index (χ4n) is 2.21. The molecule has 2 N–H and O–H groups in total. The van der Waals surface area contributed by atoms with Gasteiger partial charge in [-0.2, -0.15) is 4.98 Å². The Morgan fingerprint density at radius 1 is 1.15 bits per heavy atom. The number of anilines is 1. The van der Waals surface area contributed by atoms with Crippen LogP contribution in [-0.4, -0.2) is 58.5 Å². The fraction of sp³-hybridized carbons (Fsp3) is 0.294. The molecular formula is C17H21N4O8PS3. The van der Waals surface area contributed by atoms with Crippen LogP contribution in [0.5, 0.6) is 5.88 Å². The second-order valence-electron chi connectivity index (χ2n) is 5.75. The first-order chi connectivity index (χ1) is 15.8. The highest BCUT2D eigenvalue weighted by Gasteiger charge is 2.25. The smallest absolute Gasteiger partial charge is 0.339 e. The number of rotatable bonds is 12. The topological polar surface area (TPSA) is 155 Å². The second kappa shape index (κ2) is 13.5. The molecule has 2 rings (SSSR count). The predicted molar refractivity (Wildman–Crippen MR) is 126 cm³/mol. The third kappa shape index (κ3) is 8.61. The van der Waals surface area contributed by atoms with Crippen molar-refractivity contribution in [2.45, 2.75) is 10.6 Å². The average molecular weight is 537 g/mol. The molecule has 0 saturated heterocycles. The van der Waals surface area contributed by atoms with E-state index in [0.29, 0.717) is 18.4 Å². The van der Waals surface area contributed by atoms with E-state index in [1.165, 1.54) is 61.5 Å². The largest absolute Gasteiger partial charge is 0.481 e. The monoisotopic (exact) mass is 536 g/mol. The third-order valence-corrected chi connectivity index (χ3v) is 8.78. The van der Waals surface area contributed by atoms with Crippen molar-refractivity contribution >= 4 is 58.0 Å². The molecule has 1 aromatic heterocycles. The lowest BCUT2D eigenvalue weighted by Crippen LogP contribution is -2.35. The van der Waals surface area contributed by atoms with E-state index in [0.717, 1.165) is 7.11 Å². The number of hydrogen-bond acceptors (Lipinski definition) is 12. The third-order valence-electron chi connectivity index (χ3n) is 3.54. The van der Waals surface area contributed by atoms with Crippen LogP contribution in [0.15, 0.2) is 35.2 Å². The molecule has 1 heterocycles. The van der Waals surface area contributed by atoms with Crippen molar-refractivity contribution in [3.8, 4) is 5.88 Å². The number of aromatic nitrogens is 2. The van der Waals surface area contributed by atoms with Gasteiger partial charge in [-0.05, 0) is 12.1 Å². The van der Waals surface area contributed by atoms with Gasteiger partial charge in [-0.1, -0.05) is 12.1 Å². The number of carbonyl (C=O) groups excluding carboxylic acids is 2. The Kier molecular flexibility index (Phi) is 11.1. The molecule has 1 aromatic carbocycles. The number of ether oxygens (including phenoxy) is 3. The molecule has 0 aliphatic heterocycles. The van der Waals surface area contributed by atoms with Crippen molar-refractivity contribution in [2.24, 2.45) is 0 Å². The predicted octanol–water partition coefficient (Wildman–Crippen LogP) is 2.79. The summed E-state index contributed by atoms with van der Waals surface area (Å²) in [6.07, 6.45) is 0. The Labute approximate surface area is 200 Å². The highest BCUT2D eigenvalue weighted by atomic mass is 33.1. The van der Waals surface area contributed by atoms with Gasteiger partial charge in [-0.25, -0.2) is 27.7 Å². The molecular weight excluding hydrogens is 515 g/mol. The lowest BCUT2D eigenvalue weighted by molar-refractivity contribution is 0.0596. The van der Waals surface area contributed by atoms with E-state index >= 15 is 0 Å². The molecule has 0 aliphatic rings. The summed E-state index contributed by atoms with van der Waals surface area (Å²) in [5, 5.41) is 2.26. The van der Waals surface area contributed by atoms with Crippen molar-refractivity contribution in [1.82, 2.24) is 14.7 Å². The molecule has 0 aliphatic carbocycles. The number of esters is 1. The molecule has 1 atom stereocenters. The van der Waals surface area contributed by atoms with Gasteiger partial charge >= 0.3 is 12.0 Å². The van der Waals surface area contributed by atoms with Crippen LogP contribution in [0.25, 0.3) is 0 Å². The van der Waals surface area contributed by atoms with Crippen LogP contribution in [0.4, 0.5) is 10.7 Å². The summed E-state index contributed by atoms with van der Waals surface area (Å²) >= 11 is 2.76. The first kappa shape index (κ1) is 27.1. The normalized spacial score (nSPS) is 11.4. The zero-order chi connectivity index (χ0) is 24.3. The van der Waals surface area contributed by atoms with Crippen LogP contribution in [0, 0.1) is 0 Å². The molecule has 16 heteroatoms. The van der Waals surface area contributed by atoms with Gasteiger partial charge in [0.25, 0.3) is 10.0 Å². The van der Waals surface area contributed by atoms with Gasteiger partial charge in [0, 0.05) is 37.6 Å². The summed E-state index contributed by atoms with van der Waals surface area (Å²) < 4.78 is 46.7. The maximum absolute atomic E-state index is 12.6. The molecule has 2 aromatic rings. The van der Waals surface area contributed by atoms with Gasteiger partial charge in [0.05, 0.1) is 25.5 Å². The highest BCUT2D eigenvalue weighted by molar-refractivity contribution is 8.80. The van der Waals surface area contributed by atoms with E-state index in [2.05, 4.69) is 20.0 Å². The summed E-state index contributed by atoms with van der Waals surface area (Å²) in [4.78, 5) is 32.0. The number of benzene rings is 1. The van der Waals surface area contributed by atoms with E-state index in [-0.39, 0.29) is 24.2 Å². The lowest BCUT2D eigenvalue weighted by Gasteiger charge is -2.11. The maximum Gasteiger partial charge on any atom is 0.339 e. The van der Waals surface area contributed by atoms with E-state index in [9.17, 15) is 18.0 Å². The van der Waals surface area contributed by atoms with Gasteiger partial charge < -0.3 is 14.2 Å². The van der Waals surface area contributed by atoms with Crippen LogP contribution in [-0.2, 0) is 29.4 Å². The standard InChI is InChI=1S/C17H21N4O8PS3/c1-26-10-29-32-30-31-9-11-8-14(27-2)19-16(18-11)20-17(23)21-33(24,25)13-7-5-4-6-12(13)15(22)28-3/h4-8,30H,9-10H2,1-3H3,(H2,18,19,20,21,23). The second-order valence-corrected chi connectivity index (χ2v) is 11.9. The molecule has 12 nitrogen and oxygen atoms in total. The summed E-state index contributed by atoms with van der Waals surface area (Å²) in [6.45, 7) is 0.520. The summed E-state index contributed by atoms with van der Waals surface area (Å²) in [5.41, 5.74) is 0.325. The Morgan fingerprint density at radius 3 is 2.61 bits per heavy atom. The minimum Gasteiger partial charge on any atom is -0.481 e. The summed E-state index contributed by atoms with van der Waals surface area (Å²) in [7, 11) is -0.355. The van der Waals surface area contributed by atoms with E-state index in [4.69, 9.17) is 13.7 Å². The van der Waals surface area contributed by atoms with E-state index in [1.807, 2.05) is 4.72 Å². The van der Waals surface area contributed by atoms with Crippen molar-refractivity contribution in [3.05, 3.63) is 41.6 Å². The fourth-order valence-corrected chi connectivity index (χ4v) is 6.36. The van der Waals surface area contributed by atoms with Crippen LogP contribution in [0.3, 0.4) is 0 Å². The number of hydrogen-bond donors (Lipinski definition) is 2. The number of methoxy groups -OCH3 is 3. The van der Waals surface area contributed by atoms with Gasteiger partial charge in [0.15, 0.2) is 6.79 Å². The highest BCUT2D eigenvalue weighted by Crippen LogP contribution is 2.44. The van der Waals surface area contributed by atoms with Crippen LogP contribution in [0.2, 0.25) is 0 Å². The number of carbonyl (C=O) groups is 2. The zero-order valence-corrected chi connectivity index (χ0v) is 21.1. The lowest BCUT2D eigenvalue weighted by atomic mass is 10.2. The first-order valence-electron chi connectivity index (χ1n) is 8.88. The number of nitrogens with zero attached hydrogens (tertiary/aromatic N) is 2. The Balaban J connectivity index is 2.08. The van der Waals surface area contributed by atoms with E-state index in [1.54, 1.807) is 6.07 Å². The van der Waals surface area contributed by atoms with Crippen LogP contribution in [0.1, 0.15) is 16.1 Å². The summed E-state index contributed by atoms with van der Waals surface area (Å²) in [5.74, 6) is -0.380. The van der Waals surface area contributed by atoms with Crippen molar-refractivity contribution in [2.75, 3.05) is 33.4 Å². The zero-order valence-electron chi connectivity index (χ0n) is 17.7.